The van der Waals surface area contributed by atoms with Gasteiger partial charge in [-0.25, -0.2) is 22.3 Å². The molecule has 0 unspecified atom stereocenters. The summed E-state index contributed by atoms with van der Waals surface area (Å²) in [6.07, 6.45) is -3.00. The zero-order chi connectivity index (χ0) is 11.8. The van der Waals surface area contributed by atoms with E-state index in [9.17, 15) is 22.0 Å². The van der Waals surface area contributed by atoms with Gasteiger partial charge in [-0.05, 0) is 22.0 Å². The number of nitrogens with two attached hydrogens (primary N) is 1. The molecule has 1 aromatic rings. The van der Waals surface area contributed by atoms with E-state index in [-0.39, 0.29) is 4.47 Å². The Morgan fingerprint density at radius 3 is 2.33 bits per heavy atom. The zero-order valence-electron chi connectivity index (χ0n) is 7.00. The largest absolute Gasteiger partial charge is 0.311 e. The summed E-state index contributed by atoms with van der Waals surface area (Å²) in [5.74, 6) is 0. The molecule has 0 aliphatic heterocycles. The molecule has 0 radical (unpaired) electrons. The molecular formula is C6H5BrF2N2O3S. The highest BCUT2D eigenvalue weighted by Crippen LogP contribution is 2.24. The smallest absolute Gasteiger partial charge is 0.270 e. The molecule has 0 amide bonds. The molecule has 0 aromatic carbocycles. The summed E-state index contributed by atoms with van der Waals surface area (Å²) in [7, 11) is -4.12. The lowest BCUT2D eigenvalue weighted by atomic mass is 10.3. The van der Waals surface area contributed by atoms with E-state index < -0.39 is 32.6 Å². The van der Waals surface area contributed by atoms with E-state index in [1.165, 1.54) is 0 Å². The average molecular weight is 303 g/mol. The number of H-pyrrole nitrogens is 1. The second-order valence-corrected chi connectivity index (χ2v) is 4.95. The minimum atomic E-state index is -4.12. The van der Waals surface area contributed by atoms with Crippen molar-refractivity contribution in [2.45, 2.75) is 11.5 Å². The fourth-order valence-corrected chi connectivity index (χ4v) is 2.12. The maximum atomic E-state index is 12.3. The first-order valence-electron chi connectivity index (χ1n) is 3.47. The van der Waals surface area contributed by atoms with Gasteiger partial charge in [0.05, 0.1) is 5.56 Å². The number of hydrogen-bond acceptors (Lipinski definition) is 3. The van der Waals surface area contributed by atoms with Crippen molar-refractivity contribution in [3.63, 3.8) is 0 Å². The molecule has 15 heavy (non-hydrogen) atoms. The van der Waals surface area contributed by atoms with Crippen LogP contribution in [0.3, 0.4) is 0 Å². The van der Waals surface area contributed by atoms with Gasteiger partial charge in [-0.15, -0.1) is 0 Å². The number of pyridine rings is 1. The summed E-state index contributed by atoms with van der Waals surface area (Å²) in [6.45, 7) is 0. The Kier molecular flexibility index (Phi) is 3.26. The number of aromatic amines is 1. The second-order valence-electron chi connectivity index (χ2n) is 2.57. The first kappa shape index (κ1) is 12.3. The molecule has 84 valence electrons. The molecule has 0 aliphatic carbocycles. The predicted octanol–water partition coefficient (Wildman–Crippen LogP) is 0.722. The normalized spacial score (nSPS) is 12.1. The highest BCUT2D eigenvalue weighted by molar-refractivity contribution is 9.10. The molecule has 9 heteroatoms. The number of nitrogens with one attached hydrogen (secondary N) is 1. The Morgan fingerprint density at radius 1 is 1.47 bits per heavy atom. The van der Waals surface area contributed by atoms with Gasteiger partial charge < -0.3 is 4.98 Å². The topological polar surface area (TPSA) is 93.0 Å². The standard InChI is InChI=1S/C6H5BrF2N2O3S/c7-2-1-3(15(10,13)14)11-6(12)4(2)5(8)9/h1,5H,(H,11,12)(H2,10,13,14). The lowest BCUT2D eigenvalue weighted by Gasteiger charge is -2.04. The van der Waals surface area contributed by atoms with E-state index in [1.54, 1.807) is 4.98 Å². The zero-order valence-corrected chi connectivity index (χ0v) is 9.40. The van der Waals surface area contributed by atoms with E-state index >= 15 is 0 Å². The molecule has 0 saturated carbocycles. The first-order valence-corrected chi connectivity index (χ1v) is 5.81. The van der Waals surface area contributed by atoms with Crippen LogP contribution in [0.4, 0.5) is 8.78 Å². The lowest BCUT2D eigenvalue weighted by molar-refractivity contribution is 0.148. The maximum Gasteiger partial charge on any atom is 0.270 e. The Bertz CT molecular complexity index is 540. The van der Waals surface area contributed by atoms with Crippen LogP contribution in [0.25, 0.3) is 0 Å². The van der Waals surface area contributed by atoms with E-state index in [0.29, 0.717) is 0 Å². The molecule has 0 saturated heterocycles. The minimum absolute atomic E-state index is 0.301. The van der Waals surface area contributed by atoms with Crippen LogP contribution < -0.4 is 10.7 Å². The van der Waals surface area contributed by atoms with E-state index in [0.717, 1.165) is 6.07 Å². The monoisotopic (exact) mass is 302 g/mol. The lowest BCUT2D eigenvalue weighted by Crippen LogP contribution is -2.22. The minimum Gasteiger partial charge on any atom is -0.311 e. The average Bonchev–Trinajstić information content (AvgIpc) is 1.99. The van der Waals surface area contributed by atoms with Gasteiger partial charge in [0, 0.05) is 4.47 Å². The van der Waals surface area contributed by atoms with Gasteiger partial charge in [0.15, 0.2) is 5.03 Å². The van der Waals surface area contributed by atoms with Crippen LogP contribution in [-0.2, 0) is 10.0 Å². The van der Waals surface area contributed by atoms with Crippen molar-refractivity contribution in [1.82, 2.24) is 4.98 Å². The van der Waals surface area contributed by atoms with Gasteiger partial charge in [0.25, 0.3) is 22.0 Å². The number of aromatic nitrogens is 1. The Labute approximate surface area is 91.5 Å². The number of alkyl halides is 2. The quantitative estimate of drug-likeness (QED) is 0.843. The third kappa shape index (κ3) is 2.61. The number of hydrogen-bond donors (Lipinski definition) is 2. The fourth-order valence-electron chi connectivity index (χ4n) is 0.873. The van der Waals surface area contributed by atoms with E-state index in [4.69, 9.17) is 5.14 Å². The summed E-state index contributed by atoms with van der Waals surface area (Å²) < 4.78 is 45.9. The third-order valence-electron chi connectivity index (χ3n) is 1.52. The van der Waals surface area contributed by atoms with Crippen LogP contribution >= 0.6 is 15.9 Å². The first-order chi connectivity index (χ1) is 6.73. The van der Waals surface area contributed by atoms with Crippen LogP contribution in [0.15, 0.2) is 20.4 Å². The maximum absolute atomic E-state index is 12.3. The number of rotatable bonds is 2. The van der Waals surface area contributed by atoms with Crippen LogP contribution in [0, 0.1) is 0 Å². The molecule has 5 nitrogen and oxygen atoms in total. The van der Waals surface area contributed by atoms with Gasteiger partial charge in [-0.1, -0.05) is 0 Å². The Morgan fingerprint density at radius 2 is 2.00 bits per heavy atom. The van der Waals surface area contributed by atoms with Crippen LogP contribution in [0.1, 0.15) is 12.0 Å². The molecule has 1 rings (SSSR count). The Hall–Kier alpha value is -0.800. The summed E-state index contributed by atoms with van der Waals surface area (Å²) in [5, 5.41) is 4.09. The van der Waals surface area contributed by atoms with Crippen molar-refractivity contribution in [2.75, 3.05) is 0 Å². The van der Waals surface area contributed by atoms with Crippen molar-refractivity contribution in [3.05, 3.63) is 26.5 Å². The number of halogens is 3. The Balaban J connectivity index is 3.53. The van der Waals surface area contributed by atoms with Gasteiger partial charge >= 0.3 is 0 Å². The molecule has 0 bridgehead atoms. The van der Waals surface area contributed by atoms with Gasteiger partial charge in [-0.2, -0.15) is 0 Å². The predicted molar refractivity (Wildman–Crippen MR) is 51.1 cm³/mol. The van der Waals surface area contributed by atoms with Crippen LogP contribution in [0.5, 0.6) is 0 Å². The summed E-state index contributed by atoms with van der Waals surface area (Å²) in [5.41, 5.74) is -2.02. The van der Waals surface area contributed by atoms with Crippen molar-refractivity contribution in [2.24, 2.45) is 5.14 Å². The number of primary sulfonamides is 1. The van der Waals surface area contributed by atoms with Crippen molar-refractivity contribution < 1.29 is 17.2 Å². The van der Waals surface area contributed by atoms with Gasteiger partial charge in [0.1, 0.15) is 0 Å². The molecular weight excluding hydrogens is 298 g/mol. The van der Waals surface area contributed by atoms with Gasteiger partial charge in [-0.3, -0.25) is 4.79 Å². The van der Waals surface area contributed by atoms with Crippen LogP contribution in [0.2, 0.25) is 0 Å². The molecule has 0 fully saturated rings. The van der Waals surface area contributed by atoms with Crippen molar-refractivity contribution in [1.29, 1.82) is 0 Å². The van der Waals surface area contributed by atoms with Crippen LogP contribution in [-0.4, -0.2) is 13.4 Å². The van der Waals surface area contributed by atoms with Gasteiger partial charge in [0.2, 0.25) is 0 Å². The molecule has 1 aromatic heterocycles. The summed E-state index contributed by atoms with van der Waals surface area (Å²) in [4.78, 5) is 12.8. The van der Waals surface area contributed by atoms with Crippen molar-refractivity contribution >= 4 is 26.0 Å². The SMILES string of the molecule is NS(=O)(=O)c1cc(Br)c(C(F)F)c(=O)[nH]1. The van der Waals surface area contributed by atoms with E-state index in [1.807, 2.05) is 0 Å². The summed E-state index contributed by atoms with van der Waals surface area (Å²) in [6, 6.07) is 0.818. The molecule has 0 atom stereocenters. The van der Waals surface area contributed by atoms with Crippen molar-refractivity contribution in [3.8, 4) is 0 Å². The fraction of sp³-hybridized carbons (Fsp3) is 0.167. The highest BCUT2D eigenvalue weighted by atomic mass is 79.9. The molecule has 0 spiro atoms. The molecule has 0 aliphatic rings. The molecule has 3 N–H and O–H groups in total. The third-order valence-corrected chi connectivity index (χ3v) is 3.01. The summed E-state index contributed by atoms with van der Waals surface area (Å²) >= 11 is 2.67. The van der Waals surface area contributed by atoms with E-state index in [2.05, 4.69) is 15.9 Å². The number of sulfonamides is 1. The highest BCUT2D eigenvalue weighted by Gasteiger charge is 2.20. The second kappa shape index (κ2) is 3.99. The molecule has 1 heterocycles.